The Hall–Kier alpha value is -1.14. The van der Waals surface area contributed by atoms with Crippen molar-refractivity contribution in [3.63, 3.8) is 0 Å². The van der Waals surface area contributed by atoms with Crippen LogP contribution in [-0.2, 0) is 14.3 Å². The van der Waals surface area contributed by atoms with Crippen molar-refractivity contribution in [2.45, 2.75) is 47.1 Å². The average Bonchev–Trinajstić information content (AvgIpc) is 2.53. The van der Waals surface area contributed by atoms with Gasteiger partial charge in [-0.1, -0.05) is 34.6 Å². The van der Waals surface area contributed by atoms with E-state index in [1.807, 2.05) is 44.4 Å². The molecule has 138 valence electrons. The maximum Gasteiger partial charge on any atom is 0.228 e. The first-order valence-electron chi connectivity index (χ1n) is 9.01. The van der Waals surface area contributed by atoms with E-state index in [1.165, 1.54) is 0 Å². The first kappa shape index (κ1) is 19.2. The Morgan fingerprint density at radius 1 is 1.00 bits per heavy atom. The number of morpholine rings is 1. The van der Waals surface area contributed by atoms with E-state index in [9.17, 15) is 9.59 Å². The van der Waals surface area contributed by atoms with Gasteiger partial charge in [-0.3, -0.25) is 9.59 Å². The summed E-state index contributed by atoms with van der Waals surface area (Å²) < 4.78 is 5.33. The van der Waals surface area contributed by atoms with Crippen molar-refractivity contribution in [2.24, 2.45) is 10.8 Å². The number of carbonyl (C=O) groups excluding carboxylic acids is 2. The number of carbonyl (C=O) groups is 2. The molecule has 2 saturated heterocycles. The zero-order valence-electron chi connectivity index (χ0n) is 15.9. The summed E-state index contributed by atoms with van der Waals surface area (Å²) in [6.07, 6.45) is 0.733. The highest BCUT2D eigenvalue weighted by atomic mass is 16.5. The molecule has 2 aliphatic heterocycles. The topological polar surface area (TPSA) is 61.9 Å². The van der Waals surface area contributed by atoms with Crippen LogP contribution in [0.5, 0.6) is 0 Å². The van der Waals surface area contributed by atoms with Gasteiger partial charge in [0.05, 0.1) is 13.2 Å². The molecule has 6 nitrogen and oxygen atoms in total. The third kappa shape index (κ3) is 4.70. The number of rotatable bonds is 3. The average molecular weight is 339 g/mol. The second-order valence-electron chi connectivity index (χ2n) is 8.64. The third-order valence-corrected chi connectivity index (χ3v) is 4.82. The van der Waals surface area contributed by atoms with Crippen molar-refractivity contribution in [1.82, 2.24) is 15.1 Å². The monoisotopic (exact) mass is 339 g/mol. The highest BCUT2D eigenvalue weighted by Crippen LogP contribution is 2.28. The Morgan fingerprint density at radius 2 is 1.62 bits per heavy atom. The van der Waals surface area contributed by atoms with Gasteiger partial charge in [0.1, 0.15) is 0 Å². The van der Waals surface area contributed by atoms with E-state index in [-0.39, 0.29) is 23.3 Å². The molecule has 0 aromatic rings. The number of piperazine rings is 1. The summed E-state index contributed by atoms with van der Waals surface area (Å²) in [7, 11) is 0. The molecule has 0 aromatic carbocycles. The van der Waals surface area contributed by atoms with Crippen LogP contribution in [0.4, 0.5) is 0 Å². The highest BCUT2D eigenvalue weighted by Gasteiger charge is 2.37. The third-order valence-electron chi connectivity index (χ3n) is 4.82. The van der Waals surface area contributed by atoms with Gasteiger partial charge in [0, 0.05) is 49.6 Å². The molecule has 2 aliphatic rings. The lowest BCUT2D eigenvalue weighted by molar-refractivity contribution is -0.145. The molecule has 0 aromatic heterocycles. The Labute approximate surface area is 145 Å². The van der Waals surface area contributed by atoms with Crippen molar-refractivity contribution in [3.8, 4) is 0 Å². The lowest BCUT2D eigenvalue weighted by Gasteiger charge is -2.41. The van der Waals surface area contributed by atoms with E-state index < -0.39 is 5.41 Å². The number of hydrogen-bond acceptors (Lipinski definition) is 4. The predicted molar refractivity (Wildman–Crippen MR) is 93.6 cm³/mol. The molecular weight excluding hydrogens is 306 g/mol. The second kappa shape index (κ2) is 7.40. The molecule has 0 saturated carbocycles. The number of ether oxygens (including phenoxy) is 1. The standard InChI is InChI=1S/C18H33N3O3/c1-17(2,3)15(22)21-7-6-19-14(13-21)12-18(4,5)16(23)20-8-10-24-11-9-20/h14,19H,6-13H2,1-5H3. The minimum Gasteiger partial charge on any atom is -0.378 e. The van der Waals surface area contributed by atoms with E-state index in [0.717, 1.165) is 19.5 Å². The Bertz CT molecular complexity index is 465. The van der Waals surface area contributed by atoms with Crippen LogP contribution in [0.3, 0.4) is 0 Å². The van der Waals surface area contributed by atoms with Crippen molar-refractivity contribution in [3.05, 3.63) is 0 Å². The number of amides is 2. The fraction of sp³-hybridized carbons (Fsp3) is 0.889. The predicted octanol–water partition coefficient (Wildman–Crippen LogP) is 1.11. The van der Waals surface area contributed by atoms with Gasteiger partial charge in [-0.2, -0.15) is 0 Å². The molecule has 0 spiro atoms. The van der Waals surface area contributed by atoms with Gasteiger partial charge >= 0.3 is 0 Å². The zero-order chi connectivity index (χ0) is 18.0. The number of hydrogen-bond donors (Lipinski definition) is 1. The first-order valence-corrected chi connectivity index (χ1v) is 9.01. The van der Waals surface area contributed by atoms with Crippen LogP contribution in [0.15, 0.2) is 0 Å². The molecule has 0 aliphatic carbocycles. The maximum atomic E-state index is 12.8. The second-order valence-corrected chi connectivity index (χ2v) is 8.64. The Morgan fingerprint density at radius 3 is 2.21 bits per heavy atom. The van der Waals surface area contributed by atoms with Gasteiger partial charge in [-0.25, -0.2) is 0 Å². The van der Waals surface area contributed by atoms with Crippen molar-refractivity contribution in [1.29, 1.82) is 0 Å². The van der Waals surface area contributed by atoms with E-state index in [2.05, 4.69) is 5.32 Å². The highest BCUT2D eigenvalue weighted by molar-refractivity contribution is 5.82. The van der Waals surface area contributed by atoms with Crippen molar-refractivity contribution < 1.29 is 14.3 Å². The summed E-state index contributed by atoms with van der Waals surface area (Å²) in [6.45, 7) is 14.7. The van der Waals surface area contributed by atoms with Gasteiger partial charge in [-0.15, -0.1) is 0 Å². The van der Waals surface area contributed by atoms with E-state index >= 15 is 0 Å². The molecule has 1 N–H and O–H groups in total. The largest absolute Gasteiger partial charge is 0.378 e. The summed E-state index contributed by atoms with van der Waals surface area (Å²) in [4.78, 5) is 29.2. The summed E-state index contributed by atoms with van der Waals surface area (Å²) >= 11 is 0. The molecule has 2 fully saturated rings. The van der Waals surface area contributed by atoms with Crippen molar-refractivity contribution >= 4 is 11.8 Å². The van der Waals surface area contributed by atoms with Gasteiger partial charge in [0.15, 0.2) is 0 Å². The van der Waals surface area contributed by atoms with Crippen LogP contribution >= 0.6 is 0 Å². The minimum atomic E-state index is -0.442. The number of nitrogens with zero attached hydrogens (tertiary/aromatic N) is 2. The molecule has 2 amide bonds. The minimum absolute atomic E-state index is 0.157. The van der Waals surface area contributed by atoms with Crippen LogP contribution in [0.25, 0.3) is 0 Å². The Kier molecular flexibility index (Phi) is 5.91. The van der Waals surface area contributed by atoms with E-state index in [0.29, 0.717) is 32.8 Å². The molecule has 0 radical (unpaired) electrons. The zero-order valence-corrected chi connectivity index (χ0v) is 15.9. The molecule has 2 rings (SSSR count). The van der Waals surface area contributed by atoms with E-state index in [4.69, 9.17) is 4.74 Å². The quantitative estimate of drug-likeness (QED) is 0.837. The number of nitrogens with one attached hydrogen (secondary N) is 1. The van der Waals surface area contributed by atoms with Crippen molar-refractivity contribution in [2.75, 3.05) is 45.9 Å². The fourth-order valence-corrected chi connectivity index (χ4v) is 3.52. The van der Waals surface area contributed by atoms with Crippen LogP contribution in [-0.4, -0.2) is 73.6 Å². The van der Waals surface area contributed by atoms with Crippen LogP contribution < -0.4 is 5.32 Å². The summed E-state index contributed by atoms with van der Waals surface area (Å²) in [5.74, 6) is 0.373. The van der Waals surface area contributed by atoms with Crippen LogP contribution in [0, 0.1) is 10.8 Å². The van der Waals surface area contributed by atoms with Gasteiger partial charge < -0.3 is 19.9 Å². The fourth-order valence-electron chi connectivity index (χ4n) is 3.52. The smallest absolute Gasteiger partial charge is 0.228 e. The van der Waals surface area contributed by atoms with E-state index in [1.54, 1.807) is 0 Å². The summed E-state index contributed by atoms with van der Waals surface area (Å²) in [6, 6.07) is 0.157. The molecule has 6 heteroatoms. The Balaban J connectivity index is 1.95. The van der Waals surface area contributed by atoms with Crippen LogP contribution in [0.1, 0.15) is 41.0 Å². The normalized spacial score (nSPS) is 23.3. The lowest BCUT2D eigenvalue weighted by Crippen LogP contribution is -2.57. The first-order chi connectivity index (χ1) is 11.1. The molecule has 1 unspecified atom stereocenters. The molecule has 24 heavy (non-hydrogen) atoms. The molecule has 0 bridgehead atoms. The SMILES string of the molecule is CC(C)(C)C(=O)N1CCNC(CC(C)(C)C(=O)N2CCOCC2)C1. The molecule has 2 heterocycles. The molecule has 1 atom stereocenters. The summed E-state index contributed by atoms with van der Waals surface area (Å²) in [5, 5.41) is 3.48. The van der Waals surface area contributed by atoms with Gasteiger partial charge in [0.25, 0.3) is 0 Å². The molecular formula is C18H33N3O3. The van der Waals surface area contributed by atoms with Gasteiger partial charge in [-0.05, 0) is 6.42 Å². The maximum absolute atomic E-state index is 12.8. The van der Waals surface area contributed by atoms with Gasteiger partial charge in [0.2, 0.25) is 11.8 Å². The summed E-state index contributed by atoms with van der Waals surface area (Å²) in [5.41, 5.74) is -0.802. The lowest BCUT2D eigenvalue weighted by atomic mass is 9.83. The van der Waals surface area contributed by atoms with Crippen LogP contribution in [0.2, 0.25) is 0 Å².